The van der Waals surface area contributed by atoms with E-state index in [-0.39, 0.29) is 34.9 Å². The molecule has 0 saturated carbocycles. The average Bonchev–Trinajstić information content (AvgIpc) is 2.78. The summed E-state index contributed by atoms with van der Waals surface area (Å²) >= 11 is 0. The Kier molecular flexibility index (Phi) is 8.08. The van der Waals surface area contributed by atoms with Crippen molar-refractivity contribution in [2.45, 2.75) is 25.6 Å². The van der Waals surface area contributed by atoms with E-state index in [0.717, 1.165) is 0 Å². The standard InChI is InChI=1S/C24H24F4N2O3/c25-20-7-3-1-5-17(20)11-14-29-23(32)19-12-15-30(16-13-19)22(31)10-9-18-6-2-4-8-21(18)33-24(26,27)28/h1-10,19H,11-16H2,(H,29,32). The highest BCUT2D eigenvalue weighted by Crippen LogP contribution is 2.27. The maximum absolute atomic E-state index is 13.6. The molecule has 0 aliphatic carbocycles. The molecule has 176 valence electrons. The normalized spacial score (nSPS) is 15.0. The molecule has 1 N–H and O–H groups in total. The molecular formula is C24H24F4N2O3. The van der Waals surface area contributed by atoms with Crippen molar-refractivity contribution in [2.24, 2.45) is 5.92 Å². The van der Waals surface area contributed by atoms with E-state index < -0.39 is 6.36 Å². The van der Waals surface area contributed by atoms with E-state index in [9.17, 15) is 27.2 Å². The average molecular weight is 464 g/mol. The third-order valence-corrected chi connectivity index (χ3v) is 5.38. The van der Waals surface area contributed by atoms with Gasteiger partial charge in [0.25, 0.3) is 0 Å². The van der Waals surface area contributed by atoms with Gasteiger partial charge in [-0.3, -0.25) is 9.59 Å². The van der Waals surface area contributed by atoms with E-state index in [4.69, 9.17) is 0 Å². The molecule has 0 aromatic heterocycles. The van der Waals surface area contributed by atoms with Crippen LogP contribution < -0.4 is 10.1 Å². The van der Waals surface area contributed by atoms with Gasteiger partial charge in [-0.05, 0) is 43.0 Å². The molecule has 1 heterocycles. The zero-order valence-electron chi connectivity index (χ0n) is 17.8. The summed E-state index contributed by atoms with van der Waals surface area (Å²) in [7, 11) is 0. The first-order chi connectivity index (χ1) is 15.7. The Hall–Kier alpha value is -3.36. The molecule has 0 spiro atoms. The minimum atomic E-state index is -4.83. The smallest absolute Gasteiger partial charge is 0.405 e. The van der Waals surface area contributed by atoms with E-state index >= 15 is 0 Å². The predicted molar refractivity (Wildman–Crippen MR) is 115 cm³/mol. The number of hydrogen-bond acceptors (Lipinski definition) is 3. The topological polar surface area (TPSA) is 58.6 Å². The molecule has 1 aliphatic rings. The zero-order chi connectivity index (χ0) is 23.8. The van der Waals surface area contributed by atoms with Crippen LogP contribution in [-0.2, 0) is 16.0 Å². The summed E-state index contributed by atoms with van der Waals surface area (Å²) in [5, 5.41) is 2.81. The van der Waals surface area contributed by atoms with Crippen LogP contribution in [0.3, 0.4) is 0 Å². The molecule has 0 bridgehead atoms. The van der Waals surface area contributed by atoms with Gasteiger partial charge in [-0.1, -0.05) is 36.4 Å². The molecule has 9 heteroatoms. The van der Waals surface area contributed by atoms with Crippen LogP contribution >= 0.6 is 0 Å². The van der Waals surface area contributed by atoms with Crippen molar-refractivity contribution in [1.29, 1.82) is 0 Å². The lowest BCUT2D eigenvalue weighted by molar-refractivity contribution is -0.274. The Morgan fingerprint density at radius 3 is 2.42 bits per heavy atom. The van der Waals surface area contributed by atoms with Crippen molar-refractivity contribution >= 4 is 17.9 Å². The van der Waals surface area contributed by atoms with E-state index in [0.29, 0.717) is 44.5 Å². The quantitative estimate of drug-likeness (QED) is 0.490. The van der Waals surface area contributed by atoms with Gasteiger partial charge in [0.15, 0.2) is 0 Å². The van der Waals surface area contributed by atoms with Gasteiger partial charge in [0.2, 0.25) is 11.8 Å². The largest absolute Gasteiger partial charge is 0.573 e. The third kappa shape index (κ3) is 7.34. The first-order valence-electron chi connectivity index (χ1n) is 10.6. The maximum Gasteiger partial charge on any atom is 0.573 e. The molecule has 0 atom stereocenters. The number of carbonyl (C=O) groups excluding carboxylic acids is 2. The second-order valence-corrected chi connectivity index (χ2v) is 7.65. The van der Waals surface area contributed by atoms with Crippen molar-refractivity contribution in [2.75, 3.05) is 19.6 Å². The zero-order valence-corrected chi connectivity index (χ0v) is 17.8. The summed E-state index contributed by atoms with van der Waals surface area (Å²) in [5.41, 5.74) is 0.666. The first-order valence-corrected chi connectivity index (χ1v) is 10.6. The second-order valence-electron chi connectivity index (χ2n) is 7.65. The van der Waals surface area contributed by atoms with Crippen molar-refractivity contribution in [3.05, 3.63) is 71.6 Å². The number of nitrogens with zero attached hydrogens (tertiary/aromatic N) is 1. The molecular weight excluding hydrogens is 440 g/mol. The van der Waals surface area contributed by atoms with Crippen LogP contribution in [0.4, 0.5) is 17.6 Å². The molecule has 0 radical (unpaired) electrons. The van der Waals surface area contributed by atoms with Crippen molar-refractivity contribution in [3.8, 4) is 5.75 Å². The number of halogens is 4. The third-order valence-electron chi connectivity index (χ3n) is 5.38. The van der Waals surface area contributed by atoms with Crippen LogP contribution in [0.1, 0.15) is 24.0 Å². The fourth-order valence-corrected chi connectivity index (χ4v) is 3.63. The number of likely N-dealkylation sites (tertiary alicyclic amines) is 1. The molecule has 2 aromatic carbocycles. The van der Waals surface area contributed by atoms with Crippen LogP contribution in [0.2, 0.25) is 0 Å². The fourth-order valence-electron chi connectivity index (χ4n) is 3.63. The number of rotatable bonds is 7. The highest BCUT2D eigenvalue weighted by Gasteiger charge is 2.32. The van der Waals surface area contributed by atoms with Gasteiger partial charge in [-0.15, -0.1) is 13.2 Å². The first kappa shape index (κ1) is 24.3. The van der Waals surface area contributed by atoms with E-state index in [1.54, 1.807) is 29.2 Å². The molecule has 2 amide bonds. The second kappa shape index (κ2) is 11.0. The van der Waals surface area contributed by atoms with E-state index in [1.165, 1.54) is 36.4 Å². The Bertz CT molecular complexity index is 999. The Morgan fingerprint density at radius 2 is 1.73 bits per heavy atom. The molecule has 1 aliphatic heterocycles. The number of para-hydroxylation sites is 1. The van der Waals surface area contributed by atoms with Gasteiger partial charge in [-0.2, -0.15) is 0 Å². The summed E-state index contributed by atoms with van der Waals surface area (Å²) < 4.78 is 55.2. The molecule has 1 fully saturated rings. The Balaban J connectivity index is 1.46. The summed E-state index contributed by atoms with van der Waals surface area (Å²) in [6.07, 6.45) is -1.01. The molecule has 5 nitrogen and oxygen atoms in total. The van der Waals surface area contributed by atoms with E-state index in [1.807, 2.05) is 0 Å². The summed E-state index contributed by atoms with van der Waals surface area (Å²) in [5.74, 6) is -1.43. The molecule has 0 unspecified atom stereocenters. The molecule has 3 rings (SSSR count). The number of ether oxygens (including phenoxy) is 1. The van der Waals surface area contributed by atoms with Gasteiger partial charge in [-0.25, -0.2) is 4.39 Å². The number of benzene rings is 2. The van der Waals surface area contributed by atoms with Crippen LogP contribution in [0.5, 0.6) is 5.75 Å². The highest BCUT2D eigenvalue weighted by atomic mass is 19.4. The van der Waals surface area contributed by atoms with Gasteiger partial charge in [0, 0.05) is 37.2 Å². The lowest BCUT2D eigenvalue weighted by Crippen LogP contribution is -2.42. The van der Waals surface area contributed by atoms with Crippen LogP contribution in [0.25, 0.3) is 6.08 Å². The van der Waals surface area contributed by atoms with Crippen molar-refractivity contribution < 1.29 is 31.9 Å². The minimum Gasteiger partial charge on any atom is -0.405 e. The molecule has 2 aromatic rings. The molecule has 33 heavy (non-hydrogen) atoms. The summed E-state index contributed by atoms with van der Waals surface area (Å²) in [6, 6.07) is 11.9. The lowest BCUT2D eigenvalue weighted by atomic mass is 9.95. The number of nitrogens with one attached hydrogen (secondary N) is 1. The van der Waals surface area contributed by atoms with Gasteiger partial charge in [0.05, 0.1) is 0 Å². The lowest BCUT2D eigenvalue weighted by Gasteiger charge is -2.30. The van der Waals surface area contributed by atoms with Crippen LogP contribution in [-0.4, -0.2) is 42.7 Å². The summed E-state index contributed by atoms with van der Waals surface area (Å²) in [6.45, 7) is 1.03. The monoisotopic (exact) mass is 464 g/mol. The summed E-state index contributed by atoms with van der Waals surface area (Å²) in [4.78, 5) is 26.4. The number of hydrogen-bond donors (Lipinski definition) is 1. The number of piperidine rings is 1. The number of amides is 2. The Morgan fingerprint density at radius 1 is 1.06 bits per heavy atom. The fraction of sp³-hybridized carbons (Fsp3) is 0.333. The predicted octanol–water partition coefficient (Wildman–Crippen LogP) is 4.34. The van der Waals surface area contributed by atoms with Gasteiger partial charge in [0.1, 0.15) is 11.6 Å². The van der Waals surface area contributed by atoms with E-state index in [2.05, 4.69) is 10.1 Å². The number of carbonyl (C=O) groups is 2. The van der Waals surface area contributed by atoms with Crippen molar-refractivity contribution in [3.63, 3.8) is 0 Å². The minimum absolute atomic E-state index is 0.132. The van der Waals surface area contributed by atoms with Crippen LogP contribution in [0, 0.1) is 11.7 Å². The maximum atomic E-state index is 13.6. The van der Waals surface area contributed by atoms with Crippen LogP contribution in [0.15, 0.2) is 54.6 Å². The van der Waals surface area contributed by atoms with Gasteiger partial charge >= 0.3 is 6.36 Å². The number of alkyl halides is 3. The molecule has 1 saturated heterocycles. The van der Waals surface area contributed by atoms with Crippen molar-refractivity contribution in [1.82, 2.24) is 10.2 Å². The SMILES string of the molecule is O=C(NCCc1ccccc1F)C1CCN(C(=O)C=Cc2ccccc2OC(F)(F)F)CC1. The Labute approximate surface area is 189 Å². The van der Waals surface area contributed by atoms with Gasteiger partial charge < -0.3 is 15.0 Å². The highest BCUT2D eigenvalue weighted by molar-refractivity contribution is 5.92.